The van der Waals surface area contributed by atoms with E-state index in [4.69, 9.17) is 16.3 Å². The van der Waals surface area contributed by atoms with Gasteiger partial charge in [0.05, 0.1) is 17.7 Å². The van der Waals surface area contributed by atoms with Gasteiger partial charge in [-0.25, -0.2) is 0 Å². The third kappa shape index (κ3) is 2.59. The SMILES string of the molecule is COc1ccc(C2C(c3ccc(Br)c(Cl)c3)C2(C)O)cc1. The number of ether oxygens (including phenoxy) is 1. The van der Waals surface area contributed by atoms with Gasteiger partial charge in [0.2, 0.25) is 0 Å². The Hall–Kier alpha value is -1.03. The van der Waals surface area contributed by atoms with Crippen molar-refractivity contribution in [1.29, 1.82) is 0 Å². The number of halogens is 2. The molecule has 3 rings (SSSR count). The van der Waals surface area contributed by atoms with Gasteiger partial charge in [-0.05, 0) is 58.2 Å². The van der Waals surface area contributed by atoms with E-state index >= 15 is 0 Å². The van der Waals surface area contributed by atoms with Gasteiger partial charge in [0, 0.05) is 16.3 Å². The predicted octanol–water partition coefficient (Wildman–Crippen LogP) is 4.74. The first kappa shape index (κ1) is 14.9. The second kappa shape index (κ2) is 5.31. The summed E-state index contributed by atoms with van der Waals surface area (Å²) < 4.78 is 6.05. The summed E-state index contributed by atoms with van der Waals surface area (Å²) in [5, 5.41) is 11.3. The van der Waals surface area contributed by atoms with Gasteiger partial charge in [-0.1, -0.05) is 29.8 Å². The average molecular weight is 368 g/mol. The summed E-state index contributed by atoms with van der Waals surface area (Å²) >= 11 is 9.56. The van der Waals surface area contributed by atoms with Crippen molar-refractivity contribution < 1.29 is 9.84 Å². The van der Waals surface area contributed by atoms with Crippen LogP contribution in [-0.2, 0) is 0 Å². The number of hydrogen-bond acceptors (Lipinski definition) is 2. The molecule has 1 aliphatic rings. The molecule has 1 aliphatic carbocycles. The van der Waals surface area contributed by atoms with Crippen LogP contribution in [0.4, 0.5) is 0 Å². The van der Waals surface area contributed by atoms with Gasteiger partial charge in [-0.2, -0.15) is 0 Å². The van der Waals surface area contributed by atoms with Crippen LogP contribution in [0.2, 0.25) is 5.02 Å². The highest BCUT2D eigenvalue weighted by Crippen LogP contribution is 2.63. The van der Waals surface area contributed by atoms with E-state index in [0.29, 0.717) is 5.02 Å². The molecule has 0 aromatic heterocycles. The minimum absolute atomic E-state index is 0.0662. The van der Waals surface area contributed by atoms with Crippen LogP contribution in [0, 0.1) is 0 Å². The molecule has 1 N–H and O–H groups in total. The Bertz CT molecular complexity index is 667. The summed E-state index contributed by atoms with van der Waals surface area (Å²) in [6, 6.07) is 13.7. The van der Waals surface area contributed by atoms with Gasteiger partial charge in [-0.3, -0.25) is 0 Å². The molecule has 2 aromatic carbocycles. The average Bonchev–Trinajstić information content (AvgIpc) is 3.04. The fourth-order valence-electron chi connectivity index (χ4n) is 3.08. The fourth-order valence-corrected chi connectivity index (χ4v) is 3.51. The summed E-state index contributed by atoms with van der Waals surface area (Å²) in [6.45, 7) is 1.88. The fraction of sp³-hybridized carbons (Fsp3) is 0.294. The van der Waals surface area contributed by atoms with E-state index in [9.17, 15) is 5.11 Å². The Kier molecular flexibility index (Phi) is 3.76. The molecule has 0 spiro atoms. The Morgan fingerprint density at radius 2 is 1.67 bits per heavy atom. The zero-order chi connectivity index (χ0) is 15.2. The predicted molar refractivity (Wildman–Crippen MR) is 88.3 cm³/mol. The molecule has 3 unspecified atom stereocenters. The molecule has 4 heteroatoms. The summed E-state index contributed by atoms with van der Waals surface area (Å²) in [7, 11) is 1.65. The second-order valence-corrected chi connectivity index (χ2v) is 6.89. The van der Waals surface area contributed by atoms with Gasteiger partial charge < -0.3 is 9.84 Å². The molecule has 1 saturated carbocycles. The minimum atomic E-state index is -0.744. The lowest BCUT2D eigenvalue weighted by Crippen LogP contribution is -2.04. The van der Waals surface area contributed by atoms with Crippen LogP contribution in [0.3, 0.4) is 0 Å². The smallest absolute Gasteiger partial charge is 0.118 e. The first-order valence-electron chi connectivity index (χ1n) is 6.76. The summed E-state index contributed by atoms with van der Waals surface area (Å²) in [4.78, 5) is 0. The maximum absolute atomic E-state index is 10.7. The van der Waals surface area contributed by atoms with Crippen molar-refractivity contribution >= 4 is 27.5 Å². The lowest BCUT2D eigenvalue weighted by Gasteiger charge is -2.04. The Labute approximate surface area is 137 Å². The Morgan fingerprint density at radius 1 is 1.10 bits per heavy atom. The standard InChI is InChI=1S/C17H16BrClO2/c1-17(20)15(10-3-6-12(21-2)7-4-10)16(17)11-5-8-13(18)14(19)9-11/h3-9,15-16,20H,1-2H3. The lowest BCUT2D eigenvalue weighted by molar-refractivity contribution is 0.158. The number of aliphatic hydroxyl groups is 1. The van der Waals surface area contributed by atoms with Crippen LogP contribution in [0.15, 0.2) is 46.9 Å². The minimum Gasteiger partial charge on any atom is -0.497 e. The van der Waals surface area contributed by atoms with Crippen molar-refractivity contribution in [3.63, 3.8) is 0 Å². The lowest BCUT2D eigenvalue weighted by atomic mass is 10.0. The molecule has 3 atom stereocenters. The number of benzene rings is 2. The zero-order valence-electron chi connectivity index (χ0n) is 11.8. The zero-order valence-corrected chi connectivity index (χ0v) is 14.1. The van der Waals surface area contributed by atoms with Crippen LogP contribution < -0.4 is 4.74 Å². The Morgan fingerprint density at radius 3 is 2.24 bits per heavy atom. The quantitative estimate of drug-likeness (QED) is 0.849. The van der Waals surface area contributed by atoms with Crippen molar-refractivity contribution in [2.24, 2.45) is 0 Å². The van der Waals surface area contributed by atoms with Crippen molar-refractivity contribution in [3.8, 4) is 5.75 Å². The van der Waals surface area contributed by atoms with Crippen molar-refractivity contribution in [3.05, 3.63) is 63.1 Å². The second-order valence-electron chi connectivity index (χ2n) is 5.63. The molecule has 2 nitrogen and oxygen atoms in total. The summed E-state index contributed by atoms with van der Waals surface area (Å²) in [5.41, 5.74) is 1.44. The highest BCUT2D eigenvalue weighted by molar-refractivity contribution is 9.10. The summed E-state index contributed by atoms with van der Waals surface area (Å²) in [6.07, 6.45) is 0. The molecule has 0 heterocycles. The first-order valence-corrected chi connectivity index (χ1v) is 7.93. The highest BCUT2D eigenvalue weighted by Gasteiger charge is 2.61. The van der Waals surface area contributed by atoms with Gasteiger partial charge in [0.25, 0.3) is 0 Å². The van der Waals surface area contributed by atoms with Gasteiger partial charge in [0.15, 0.2) is 0 Å². The van der Waals surface area contributed by atoms with E-state index < -0.39 is 5.60 Å². The van der Waals surface area contributed by atoms with E-state index in [1.165, 1.54) is 0 Å². The van der Waals surface area contributed by atoms with Crippen molar-refractivity contribution in [2.45, 2.75) is 24.4 Å². The molecule has 2 aromatic rings. The van der Waals surface area contributed by atoms with Crippen molar-refractivity contribution in [1.82, 2.24) is 0 Å². The van der Waals surface area contributed by atoms with Crippen LogP contribution in [0.1, 0.15) is 29.9 Å². The van der Waals surface area contributed by atoms with E-state index in [-0.39, 0.29) is 11.8 Å². The number of hydrogen-bond donors (Lipinski definition) is 1. The van der Waals surface area contributed by atoms with E-state index in [2.05, 4.69) is 15.9 Å². The van der Waals surface area contributed by atoms with Crippen molar-refractivity contribution in [2.75, 3.05) is 7.11 Å². The van der Waals surface area contributed by atoms with Gasteiger partial charge >= 0.3 is 0 Å². The molecule has 0 aliphatic heterocycles. The molecular formula is C17H16BrClO2. The molecule has 0 amide bonds. The van der Waals surface area contributed by atoms with E-state index in [1.807, 2.05) is 49.4 Å². The van der Waals surface area contributed by atoms with Gasteiger partial charge in [0.1, 0.15) is 5.75 Å². The summed E-state index contributed by atoms with van der Waals surface area (Å²) in [5.74, 6) is 0.972. The molecule has 1 fully saturated rings. The molecule has 21 heavy (non-hydrogen) atoms. The molecule has 0 saturated heterocycles. The molecule has 110 valence electrons. The molecule has 0 bridgehead atoms. The van der Waals surface area contributed by atoms with E-state index in [1.54, 1.807) is 7.11 Å². The van der Waals surface area contributed by atoms with E-state index in [0.717, 1.165) is 21.3 Å². The van der Waals surface area contributed by atoms with Crippen LogP contribution in [-0.4, -0.2) is 17.8 Å². The van der Waals surface area contributed by atoms with Crippen LogP contribution in [0.25, 0.3) is 0 Å². The largest absolute Gasteiger partial charge is 0.497 e. The molecule has 0 radical (unpaired) electrons. The number of rotatable bonds is 3. The van der Waals surface area contributed by atoms with Gasteiger partial charge in [-0.15, -0.1) is 0 Å². The number of methoxy groups -OCH3 is 1. The maximum Gasteiger partial charge on any atom is 0.118 e. The third-order valence-electron chi connectivity index (χ3n) is 4.26. The monoisotopic (exact) mass is 366 g/mol. The highest BCUT2D eigenvalue weighted by atomic mass is 79.9. The maximum atomic E-state index is 10.7. The van der Waals surface area contributed by atoms with Crippen LogP contribution in [0.5, 0.6) is 5.75 Å². The topological polar surface area (TPSA) is 29.5 Å². The molecular weight excluding hydrogens is 352 g/mol. The Balaban J connectivity index is 1.91. The first-order chi connectivity index (χ1) is 9.95. The third-order valence-corrected chi connectivity index (χ3v) is 5.49. The normalized spacial score (nSPS) is 27.5. The van der Waals surface area contributed by atoms with Crippen LogP contribution >= 0.6 is 27.5 Å².